The number of carbonyl (C=O) groups is 1. The van der Waals surface area contributed by atoms with E-state index in [9.17, 15) is 13.2 Å². The molecule has 0 unspecified atom stereocenters. The lowest BCUT2D eigenvalue weighted by Crippen LogP contribution is -2.41. The number of sulfonamides is 1. The second-order valence-corrected chi connectivity index (χ2v) is 5.94. The van der Waals surface area contributed by atoms with E-state index in [0.717, 1.165) is 19.3 Å². The third kappa shape index (κ3) is 3.26. The van der Waals surface area contributed by atoms with Crippen LogP contribution >= 0.6 is 0 Å². The number of carboxylic acid groups (broad SMARTS) is 1. The predicted octanol–water partition coefficient (Wildman–Crippen LogP) is 0.181. The van der Waals surface area contributed by atoms with Crippen LogP contribution in [0.15, 0.2) is 0 Å². The summed E-state index contributed by atoms with van der Waals surface area (Å²) in [6.07, 6.45) is 3.13. The van der Waals surface area contributed by atoms with Crippen LogP contribution < -0.4 is 4.72 Å². The Morgan fingerprint density at radius 2 is 2.07 bits per heavy atom. The fourth-order valence-corrected chi connectivity index (χ4v) is 2.45. The zero-order valence-electron chi connectivity index (χ0n) is 8.12. The normalized spacial score (nSPS) is 20.1. The summed E-state index contributed by atoms with van der Waals surface area (Å²) >= 11 is 0. The summed E-state index contributed by atoms with van der Waals surface area (Å²) < 4.78 is 24.6. The Morgan fingerprint density at radius 3 is 2.43 bits per heavy atom. The molecule has 82 valence electrons. The zero-order chi connectivity index (χ0) is 10.8. The van der Waals surface area contributed by atoms with Gasteiger partial charge in [0.15, 0.2) is 5.75 Å². The lowest BCUT2D eigenvalue weighted by atomic mass is 9.71. The molecule has 1 saturated carbocycles. The fraction of sp³-hybridized carbons (Fsp3) is 0.875. The van der Waals surface area contributed by atoms with Gasteiger partial charge in [0.05, 0.1) is 0 Å². The highest BCUT2D eigenvalue weighted by Gasteiger charge is 2.32. The molecule has 1 aliphatic carbocycles. The van der Waals surface area contributed by atoms with Gasteiger partial charge in [-0.1, -0.05) is 13.3 Å². The van der Waals surface area contributed by atoms with E-state index in [-0.39, 0.29) is 5.41 Å². The van der Waals surface area contributed by atoms with Crippen LogP contribution in [0.5, 0.6) is 0 Å². The lowest BCUT2D eigenvalue weighted by molar-refractivity contribution is -0.134. The van der Waals surface area contributed by atoms with E-state index < -0.39 is 21.7 Å². The van der Waals surface area contributed by atoms with Crippen LogP contribution in [0.25, 0.3) is 0 Å². The van der Waals surface area contributed by atoms with Gasteiger partial charge in [-0.25, -0.2) is 13.1 Å². The van der Waals surface area contributed by atoms with Crippen molar-refractivity contribution in [2.45, 2.75) is 26.2 Å². The molecule has 0 spiro atoms. The fourth-order valence-electron chi connectivity index (χ4n) is 1.45. The minimum atomic E-state index is -3.64. The molecule has 0 heterocycles. The SMILES string of the molecule is CC1(CNS(=O)(=O)CC(=O)O)CCC1. The van der Waals surface area contributed by atoms with E-state index in [2.05, 4.69) is 4.72 Å². The third-order valence-corrected chi connectivity index (χ3v) is 3.80. The van der Waals surface area contributed by atoms with E-state index in [1.165, 1.54) is 0 Å². The first-order valence-corrected chi connectivity index (χ1v) is 6.17. The van der Waals surface area contributed by atoms with Crippen molar-refractivity contribution in [2.24, 2.45) is 5.41 Å². The molecule has 0 aromatic rings. The Morgan fingerprint density at radius 1 is 1.50 bits per heavy atom. The average Bonchev–Trinajstić information content (AvgIpc) is 1.95. The van der Waals surface area contributed by atoms with Gasteiger partial charge in [0.2, 0.25) is 10.0 Å². The Bertz CT molecular complexity index is 318. The molecule has 1 rings (SSSR count). The van der Waals surface area contributed by atoms with Crippen molar-refractivity contribution in [3.63, 3.8) is 0 Å². The highest BCUT2D eigenvalue weighted by Crippen LogP contribution is 2.39. The van der Waals surface area contributed by atoms with Crippen molar-refractivity contribution in [1.29, 1.82) is 0 Å². The molecular weight excluding hydrogens is 206 g/mol. The van der Waals surface area contributed by atoms with Crippen LogP contribution in [0.3, 0.4) is 0 Å². The van der Waals surface area contributed by atoms with Crippen molar-refractivity contribution in [1.82, 2.24) is 4.72 Å². The second kappa shape index (κ2) is 3.86. The van der Waals surface area contributed by atoms with Crippen LogP contribution in [0.2, 0.25) is 0 Å². The molecule has 0 saturated heterocycles. The summed E-state index contributed by atoms with van der Waals surface area (Å²) in [7, 11) is -3.64. The highest BCUT2D eigenvalue weighted by molar-refractivity contribution is 7.90. The minimum absolute atomic E-state index is 0.0333. The highest BCUT2D eigenvalue weighted by atomic mass is 32.2. The Balaban J connectivity index is 2.40. The van der Waals surface area contributed by atoms with Crippen LogP contribution in [-0.4, -0.2) is 31.8 Å². The van der Waals surface area contributed by atoms with Gasteiger partial charge in [-0.15, -0.1) is 0 Å². The first-order valence-electron chi connectivity index (χ1n) is 4.52. The van der Waals surface area contributed by atoms with Gasteiger partial charge in [0, 0.05) is 6.54 Å². The molecule has 14 heavy (non-hydrogen) atoms. The second-order valence-electron chi connectivity index (χ2n) is 4.14. The number of nitrogens with one attached hydrogen (secondary N) is 1. The van der Waals surface area contributed by atoms with E-state index >= 15 is 0 Å². The summed E-state index contributed by atoms with van der Waals surface area (Å²) in [6, 6.07) is 0. The number of hydrogen-bond acceptors (Lipinski definition) is 3. The molecule has 0 amide bonds. The number of aliphatic carboxylic acids is 1. The maximum Gasteiger partial charge on any atom is 0.320 e. The maximum absolute atomic E-state index is 11.1. The van der Waals surface area contributed by atoms with Gasteiger partial charge in [0.1, 0.15) is 0 Å². The van der Waals surface area contributed by atoms with Gasteiger partial charge in [-0.05, 0) is 18.3 Å². The quantitative estimate of drug-likeness (QED) is 0.693. The van der Waals surface area contributed by atoms with Crippen molar-refractivity contribution >= 4 is 16.0 Å². The van der Waals surface area contributed by atoms with Crippen LogP contribution in [-0.2, 0) is 14.8 Å². The summed E-state index contributed by atoms with van der Waals surface area (Å²) in [6.45, 7) is 2.35. The molecule has 0 radical (unpaired) electrons. The molecule has 1 aliphatic rings. The van der Waals surface area contributed by atoms with Crippen LogP contribution in [0.1, 0.15) is 26.2 Å². The van der Waals surface area contributed by atoms with Crippen molar-refractivity contribution in [3.8, 4) is 0 Å². The van der Waals surface area contributed by atoms with Gasteiger partial charge in [-0.3, -0.25) is 4.79 Å². The molecule has 5 nitrogen and oxygen atoms in total. The van der Waals surface area contributed by atoms with Crippen LogP contribution in [0.4, 0.5) is 0 Å². The molecule has 0 aromatic carbocycles. The summed E-state index contributed by atoms with van der Waals surface area (Å²) in [5, 5.41) is 8.33. The Kier molecular flexibility index (Phi) is 3.16. The minimum Gasteiger partial charge on any atom is -0.480 e. The first kappa shape index (κ1) is 11.5. The van der Waals surface area contributed by atoms with Crippen molar-refractivity contribution in [2.75, 3.05) is 12.3 Å². The van der Waals surface area contributed by atoms with E-state index in [1.54, 1.807) is 0 Å². The number of carboxylic acids is 1. The topological polar surface area (TPSA) is 83.5 Å². The molecule has 0 aromatic heterocycles. The van der Waals surface area contributed by atoms with Gasteiger partial charge in [0.25, 0.3) is 0 Å². The first-order chi connectivity index (χ1) is 6.33. The average molecular weight is 221 g/mol. The van der Waals surface area contributed by atoms with Gasteiger partial charge in [-0.2, -0.15) is 0 Å². The largest absolute Gasteiger partial charge is 0.480 e. The summed E-state index contributed by atoms with van der Waals surface area (Å²) in [5.41, 5.74) is 0.0333. The smallest absolute Gasteiger partial charge is 0.320 e. The lowest BCUT2D eigenvalue weighted by Gasteiger charge is -2.38. The third-order valence-electron chi connectivity index (χ3n) is 2.59. The van der Waals surface area contributed by atoms with Gasteiger partial charge >= 0.3 is 5.97 Å². The van der Waals surface area contributed by atoms with Crippen molar-refractivity contribution < 1.29 is 18.3 Å². The maximum atomic E-state index is 11.1. The predicted molar refractivity (Wildman–Crippen MR) is 51.4 cm³/mol. The zero-order valence-corrected chi connectivity index (χ0v) is 8.93. The van der Waals surface area contributed by atoms with E-state index in [1.807, 2.05) is 6.92 Å². The van der Waals surface area contributed by atoms with Gasteiger partial charge < -0.3 is 5.11 Å². The standard InChI is InChI=1S/C8H15NO4S/c1-8(3-2-4-8)6-9-14(12,13)5-7(10)11/h9H,2-6H2,1H3,(H,10,11). The van der Waals surface area contributed by atoms with Crippen LogP contribution in [0, 0.1) is 5.41 Å². The molecular formula is C8H15NO4S. The number of hydrogen-bond donors (Lipinski definition) is 2. The van der Waals surface area contributed by atoms with Crippen molar-refractivity contribution in [3.05, 3.63) is 0 Å². The Labute approximate surface area is 83.6 Å². The molecule has 0 bridgehead atoms. The Hall–Kier alpha value is -0.620. The number of rotatable bonds is 5. The molecule has 1 fully saturated rings. The molecule has 0 aliphatic heterocycles. The summed E-state index contributed by atoms with van der Waals surface area (Å²) in [5.74, 6) is -2.17. The van der Waals surface area contributed by atoms with E-state index in [4.69, 9.17) is 5.11 Å². The molecule has 2 N–H and O–H groups in total. The molecule has 0 atom stereocenters. The summed E-state index contributed by atoms with van der Waals surface area (Å²) in [4.78, 5) is 10.2. The molecule has 6 heteroatoms. The monoisotopic (exact) mass is 221 g/mol. The van der Waals surface area contributed by atoms with E-state index in [0.29, 0.717) is 6.54 Å².